The van der Waals surface area contributed by atoms with Crippen LogP contribution in [0.15, 0.2) is 169 Å². The third-order valence-electron chi connectivity index (χ3n) is 8.07. The van der Waals surface area contributed by atoms with E-state index in [1.807, 2.05) is 49.1 Å². The Morgan fingerprint density at radius 3 is 0.932 bits per heavy atom. The summed E-state index contributed by atoms with van der Waals surface area (Å²) in [5.74, 6) is 0. The Kier molecular flexibility index (Phi) is 12.0. The van der Waals surface area contributed by atoms with E-state index in [1.54, 1.807) is 0 Å². The van der Waals surface area contributed by atoms with Crippen LogP contribution in [0.5, 0.6) is 0 Å². The van der Waals surface area contributed by atoms with Crippen molar-refractivity contribution in [3.63, 3.8) is 0 Å². The van der Waals surface area contributed by atoms with Gasteiger partial charge in [0.15, 0.2) is 37.9 Å². The van der Waals surface area contributed by atoms with Crippen LogP contribution < -0.4 is 9.13 Å². The number of hydrogen-bond donors (Lipinski definition) is 0. The number of halogens is 13. The van der Waals surface area contributed by atoms with Gasteiger partial charge in [-0.3, -0.25) is 9.97 Å². The van der Waals surface area contributed by atoms with E-state index >= 15 is 0 Å². The van der Waals surface area contributed by atoms with E-state index in [0.29, 0.717) is 0 Å². The molecule has 4 nitrogen and oxygen atoms in total. The number of nitrogens with zero attached hydrogens (tertiary/aromatic N) is 4. The van der Waals surface area contributed by atoms with Gasteiger partial charge >= 0.3 is 66.0 Å². The van der Waals surface area contributed by atoms with E-state index < -0.39 is 15.6 Å². The standard InChI is InChI=1S/C40H31BrN4.2F6P/c41-40-38(36-8-4-30(5-9-36)28-44-24-16-34(17-25-44)32-12-20-42-21-13-32)2-1-3-39(40)37-10-6-31(7-11-37)29-45-26-18-35(19-27-45)33-14-22-43-23-15-33;2*1-7(2,3,4,5)6/h1-27H,28-29H2;;/q+2;2*-1. The summed E-state index contributed by atoms with van der Waals surface area (Å²) < 4.78 is 124. The molecule has 4 heterocycles. The predicted octanol–water partition coefficient (Wildman–Crippen LogP) is 15.3. The quantitative estimate of drug-likeness (QED) is 0.0864. The molecule has 0 saturated carbocycles. The molecular formula is C40H31BrF12N4P2. The summed E-state index contributed by atoms with van der Waals surface area (Å²) in [4.78, 5) is 8.23. The Hall–Kier alpha value is -5.24. The van der Waals surface area contributed by atoms with Crippen LogP contribution in [0, 0.1) is 0 Å². The van der Waals surface area contributed by atoms with Crippen LogP contribution in [-0.2, 0) is 13.1 Å². The summed E-state index contributed by atoms with van der Waals surface area (Å²) in [5.41, 5.74) is 12.0. The van der Waals surface area contributed by atoms with E-state index in [2.05, 4.69) is 151 Å². The van der Waals surface area contributed by atoms with Gasteiger partial charge in [-0.1, -0.05) is 66.7 Å². The molecule has 0 saturated heterocycles. The zero-order valence-electron chi connectivity index (χ0n) is 30.1. The second kappa shape index (κ2) is 15.7. The van der Waals surface area contributed by atoms with Crippen LogP contribution in [0.4, 0.5) is 50.4 Å². The van der Waals surface area contributed by atoms with Crippen LogP contribution in [0.25, 0.3) is 44.5 Å². The van der Waals surface area contributed by atoms with Crippen molar-refractivity contribution < 1.29 is 59.5 Å². The van der Waals surface area contributed by atoms with Crippen molar-refractivity contribution in [2.75, 3.05) is 0 Å². The molecule has 0 unspecified atom stereocenters. The molecule has 0 fully saturated rings. The average Bonchev–Trinajstić information content (AvgIpc) is 3.15. The zero-order valence-corrected chi connectivity index (χ0v) is 33.5. The molecule has 7 aromatic rings. The van der Waals surface area contributed by atoms with Gasteiger partial charge in [-0.15, -0.1) is 0 Å². The Bertz CT molecular complexity index is 2300. The molecule has 0 aliphatic carbocycles. The van der Waals surface area contributed by atoms with Crippen molar-refractivity contribution in [1.29, 1.82) is 0 Å². The van der Waals surface area contributed by atoms with Gasteiger partial charge in [-0.25, -0.2) is 9.13 Å². The third-order valence-corrected chi connectivity index (χ3v) is 8.92. The fourth-order valence-corrected chi connectivity index (χ4v) is 6.30. The van der Waals surface area contributed by atoms with Gasteiger partial charge in [0, 0.05) is 64.7 Å². The third kappa shape index (κ3) is 17.3. The number of benzene rings is 3. The molecule has 0 atom stereocenters. The predicted molar refractivity (Wildman–Crippen MR) is 210 cm³/mol. The molecule has 0 spiro atoms. The van der Waals surface area contributed by atoms with Gasteiger partial charge in [0.1, 0.15) is 0 Å². The zero-order chi connectivity index (χ0) is 43.2. The van der Waals surface area contributed by atoms with Gasteiger partial charge in [0.2, 0.25) is 0 Å². The molecule has 0 aliphatic rings. The normalized spacial score (nSPS) is 13.8. The molecule has 3 aromatic carbocycles. The van der Waals surface area contributed by atoms with Gasteiger partial charge in [0.25, 0.3) is 0 Å². The van der Waals surface area contributed by atoms with Crippen LogP contribution in [-0.4, -0.2) is 9.97 Å². The molecule has 4 aromatic heterocycles. The van der Waals surface area contributed by atoms with Crippen LogP contribution in [0.3, 0.4) is 0 Å². The maximum absolute atomic E-state index is 10.7. The van der Waals surface area contributed by atoms with Crippen molar-refractivity contribution in [3.05, 3.63) is 180 Å². The van der Waals surface area contributed by atoms with Gasteiger partial charge < -0.3 is 0 Å². The van der Waals surface area contributed by atoms with Gasteiger partial charge in [-0.2, -0.15) is 0 Å². The Balaban J connectivity index is 0.000000407. The van der Waals surface area contributed by atoms with Gasteiger partial charge in [-0.05, 0) is 84.7 Å². The first-order valence-corrected chi connectivity index (χ1v) is 21.8. The topological polar surface area (TPSA) is 33.5 Å². The fourth-order valence-electron chi connectivity index (χ4n) is 5.58. The molecule has 7 rings (SSSR count). The first-order valence-electron chi connectivity index (χ1n) is 17.0. The molecule has 0 bridgehead atoms. The molecule has 0 N–H and O–H groups in total. The molecule has 19 heteroatoms. The molecular weight excluding hydrogens is 906 g/mol. The van der Waals surface area contributed by atoms with E-state index in [0.717, 1.165) is 17.6 Å². The van der Waals surface area contributed by atoms with E-state index in [-0.39, 0.29) is 0 Å². The summed E-state index contributed by atoms with van der Waals surface area (Å²) in [5, 5.41) is 0. The van der Waals surface area contributed by atoms with Gasteiger partial charge in [0.05, 0.1) is 0 Å². The van der Waals surface area contributed by atoms with Crippen molar-refractivity contribution in [2.45, 2.75) is 13.1 Å². The van der Waals surface area contributed by atoms with Crippen molar-refractivity contribution in [3.8, 4) is 44.5 Å². The second-order valence-corrected chi connectivity index (χ2v) is 17.6. The van der Waals surface area contributed by atoms with Crippen LogP contribution in [0.1, 0.15) is 11.1 Å². The van der Waals surface area contributed by atoms with E-state index in [4.69, 9.17) is 0 Å². The Morgan fingerprint density at radius 2 is 0.644 bits per heavy atom. The molecule has 0 amide bonds. The minimum atomic E-state index is -10.7. The average molecular weight is 938 g/mol. The fraction of sp³-hybridized carbons (Fsp3) is 0.0500. The van der Waals surface area contributed by atoms with Crippen LogP contribution >= 0.6 is 31.5 Å². The van der Waals surface area contributed by atoms with E-state index in [9.17, 15) is 50.4 Å². The second-order valence-electron chi connectivity index (χ2n) is 13.0. The first-order chi connectivity index (χ1) is 27.1. The van der Waals surface area contributed by atoms with Crippen LogP contribution in [0.2, 0.25) is 0 Å². The monoisotopic (exact) mass is 936 g/mol. The number of aromatic nitrogens is 4. The first kappa shape index (κ1) is 44.9. The number of rotatable bonds is 8. The molecule has 59 heavy (non-hydrogen) atoms. The summed E-state index contributed by atoms with van der Waals surface area (Å²) in [6.07, 6.45) is 15.8. The SMILES string of the molecule is Brc1c(-c2ccc(C[n+]3ccc(-c4ccncc4)cc3)cc2)cccc1-c1ccc(C[n+]2ccc(-c3ccncc3)cc2)cc1.F[P-](F)(F)(F)(F)F.F[P-](F)(F)(F)(F)F. The maximum atomic E-state index is 9.87. The summed E-state index contributed by atoms with van der Waals surface area (Å²) >= 11 is 3.94. The van der Waals surface area contributed by atoms with Crippen molar-refractivity contribution in [1.82, 2.24) is 9.97 Å². The summed E-state index contributed by atoms with van der Waals surface area (Å²) in [6, 6.07) is 41.0. The molecule has 0 radical (unpaired) electrons. The summed E-state index contributed by atoms with van der Waals surface area (Å²) in [7, 11) is -21.3. The number of hydrogen-bond acceptors (Lipinski definition) is 2. The van der Waals surface area contributed by atoms with Crippen molar-refractivity contribution >= 4 is 31.5 Å². The van der Waals surface area contributed by atoms with Crippen molar-refractivity contribution in [2.24, 2.45) is 0 Å². The molecule has 312 valence electrons. The number of pyridine rings is 4. The minimum absolute atomic E-state index is 0.817. The van der Waals surface area contributed by atoms with E-state index in [1.165, 1.54) is 55.6 Å². The Morgan fingerprint density at radius 1 is 0.373 bits per heavy atom. The summed E-state index contributed by atoms with van der Waals surface area (Å²) in [6.45, 7) is 1.63. The Labute approximate surface area is 338 Å². The molecule has 0 aliphatic heterocycles.